The van der Waals surface area contributed by atoms with Crippen molar-refractivity contribution in [3.05, 3.63) is 74.0 Å². The normalized spacial score (nSPS) is 10.6. The third kappa shape index (κ3) is 5.47. The number of rotatable bonds is 7. The molecule has 0 saturated carbocycles. The molecule has 1 amide bonds. The number of hydrogen-bond acceptors (Lipinski definition) is 6. The van der Waals surface area contributed by atoms with E-state index in [1.807, 2.05) is 6.92 Å². The van der Waals surface area contributed by atoms with E-state index in [1.54, 1.807) is 42.5 Å². The highest BCUT2D eigenvalue weighted by atomic mass is 35.5. The van der Waals surface area contributed by atoms with Crippen molar-refractivity contribution in [1.82, 2.24) is 9.97 Å². The van der Waals surface area contributed by atoms with Crippen LogP contribution in [0.5, 0.6) is 5.75 Å². The first-order valence-electron chi connectivity index (χ1n) is 8.88. The lowest BCUT2D eigenvalue weighted by atomic mass is 10.2. The summed E-state index contributed by atoms with van der Waals surface area (Å²) < 4.78 is 5.34. The van der Waals surface area contributed by atoms with Crippen molar-refractivity contribution in [2.75, 3.05) is 17.7 Å². The molecule has 156 valence electrons. The van der Waals surface area contributed by atoms with Gasteiger partial charge in [-0.15, -0.1) is 0 Å². The van der Waals surface area contributed by atoms with Crippen LogP contribution in [0.25, 0.3) is 0 Å². The summed E-state index contributed by atoms with van der Waals surface area (Å²) in [5, 5.41) is 3.87. The molecule has 0 saturated heterocycles. The van der Waals surface area contributed by atoms with Gasteiger partial charge < -0.3 is 15.8 Å². The molecular weight excluding hydrogens is 447 g/mol. The molecule has 0 spiro atoms. The van der Waals surface area contributed by atoms with Gasteiger partial charge in [0.15, 0.2) is 11.0 Å². The minimum absolute atomic E-state index is 0.0808. The topological polar surface area (TPSA) is 110 Å². The van der Waals surface area contributed by atoms with Gasteiger partial charge >= 0.3 is 0 Å². The van der Waals surface area contributed by atoms with Gasteiger partial charge in [-0.1, -0.05) is 41.0 Å². The average molecular weight is 465 g/mol. The summed E-state index contributed by atoms with van der Waals surface area (Å²) in [5.41, 5.74) is 6.44. The number of anilines is 2. The molecule has 0 radical (unpaired) electrons. The maximum absolute atomic E-state index is 12.4. The van der Waals surface area contributed by atoms with E-state index in [4.69, 9.17) is 33.7 Å². The summed E-state index contributed by atoms with van der Waals surface area (Å²) in [6.07, 6.45) is 0. The quantitative estimate of drug-likeness (QED) is 0.348. The number of thioether (sulfide) groups is 1. The lowest BCUT2D eigenvalue weighted by molar-refractivity contribution is 0.102. The number of carbonyl (C=O) groups is 1. The number of amides is 1. The number of nitrogen functional groups attached to an aromatic ring is 1. The fourth-order valence-corrected chi connectivity index (χ4v) is 3.92. The number of carbonyl (C=O) groups excluding carboxylic acids is 1. The first-order chi connectivity index (χ1) is 14.4. The first kappa shape index (κ1) is 22.0. The second-order valence-corrected chi connectivity index (χ2v) is 7.87. The lowest BCUT2D eigenvalue weighted by Crippen LogP contribution is -2.23. The molecule has 1 aromatic heterocycles. The molecule has 0 atom stereocenters. The van der Waals surface area contributed by atoms with Crippen LogP contribution in [0.1, 0.15) is 22.8 Å². The molecule has 1 heterocycles. The van der Waals surface area contributed by atoms with Crippen molar-refractivity contribution >= 4 is 52.4 Å². The Bertz CT molecular complexity index is 1120. The van der Waals surface area contributed by atoms with E-state index >= 15 is 0 Å². The zero-order valence-electron chi connectivity index (χ0n) is 15.9. The Hall–Kier alpha value is -2.68. The monoisotopic (exact) mass is 464 g/mol. The van der Waals surface area contributed by atoms with Crippen molar-refractivity contribution in [3.63, 3.8) is 0 Å². The van der Waals surface area contributed by atoms with E-state index in [2.05, 4.69) is 15.3 Å². The number of halogens is 2. The van der Waals surface area contributed by atoms with Crippen molar-refractivity contribution in [3.8, 4) is 5.75 Å². The van der Waals surface area contributed by atoms with Crippen molar-refractivity contribution < 1.29 is 9.53 Å². The maximum atomic E-state index is 12.4. The van der Waals surface area contributed by atoms with Crippen molar-refractivity contribution in [2.45, 2.75) is 17.8 Å². The third-order valence-electron chi connectivity index (χ3n) is 3.97. The fraction of sp³-hybridized carbons (Fsp3) is 0.150. The Morgan fingerprint density at radius 3 is 2.60 bits per heavy atom. The van der Waals surface area contributed by atoms with Crippen LogP contribution in [0.3, 0.4) is 0 Å². The van der Waals surface area contributed by atoms with E-state index in [1.165, 1.54) is 11.8 Å². The Morgan fingerprint density at radius 1 is 1.23 bits per heavy atom. The van der Waals surface area contributed by atoms with E-state index in [0.717, 1.165) is 5.56 Å². The van der Waals surface area contributed by atoms with Gasteiger partial charge in [0.2, 0.25) is 0 Å². The van der Waals surface area contributed by atoms with E-state index in [0.29, 0.717) is 38.9 Å². The molecule has 30 heavy (non-hydrogen) atoms. The second-order valence-electron chi connectivity index (χ2n) is 6.07. The summed E-state index contributed by atoms with van der Waals surface area (Å²) in [4.78, 5) is 31.6. The predicted octanol–water partition coefficient (Wildman–Crippen LogP) is 4.60. The van der Waals surface area contributed by atoms with Gasteiger partial charge in [0.1, 0.15) is 11.4 Å². The number of ether oxygens (including phenoxy) is 1. The van der Waals surface area contributed by atoms with Crippen LogP contribution in [0.4, 0.5) is 11.5 Å². The van der Waals surface area contributed by atoms with Crippen LogP contribution >= 0.6 is 35.0 Å². The molecule has 3 rings (SSSR count). The van der Waals surface area contributed by atoms with E-state index in [-0.39, 0.29) is 11.5 Å². The highest BCUT2D eigenvalue weighted by Gasteiger charge is 2.14. The number of nitrogens with zero attached hydrogens (tertiary/aromatic N) is 1. The number of nitrogens with two attached hydrogens (primary N) is 1. The van der Waals surface area contributed by atoms with Gasteiger partial charge in [0.05, 0.1) is 6.61 Å². The number of aromatic nitrogens is 2. The minimum Gasteiger partial charge on any atom is -0.494 e. The molecule has 3 aromatic rings. The molecule has 0 unspecified atom stereocenters. The average Bonchev–Trinajstić information content (AvgIpc) is 2.71. The Morgan fingerprint density at radius 2 is 1.97 bits per heavy atom. The molecule has 0 aliphatic heterocycles. The minimum atomic E-state index is -0.550. The molecule has 0 fully saturated rings. The van der Waals surface area contributed by atoms with Crippen LogP contribution in [0, 0.1) is 0 Å². The zero-order chi connectivity index (χ0) is 21.7. The van der Waals surface area contributed by atoms with Gasteiger partial charge in [-0.2, -0.15) is 0 Å². The van der Waals surface area contributed by atoms with Crippen molar-refractivity contribution in [1.29, 1.82) is 0 Å². The number of aromatic amines is 1. The number of benzene rings is 2. The summed E-state index contributed by atoms with van der Waals surface area (Å²) >= 11 is 13.3. The predicted molar refractivity (Wildman–Crippen MR) is 121 cm³/mol. The fourth-order valence-electron chi connectivity index (χ4n) is 2.50. The highest BCUT2D eigenvalue weighted by Crippen LogP contribution is 2.27. The molecule has 7 nitrogen and oxygen atoms in total. The molecule has 0 bridgehead atoms. The van der Waals surface area contributed by atoms with Crippen LogP contribution in [0.2, 0.25) is 10.0 Å². The van der Waals surface area contributed by atoms with Gasteiger partial charge in [-0.05, 0) is 48.9 Å². The van der Waals surface area contributed by atoms with Gasteiger partial charge in [-0.25, -0.2) is 4.98 Å². The number of H-pyrrole nitrogens is 1. The zero-order valence-corrected chi connectivity index (χ0v) is 18.2. The second kappa shape index (κ2) is 9.88. The Kier molecular flexibility index (Phi) is 7.25. The number of nitrogens with one attached hydrogen (secondary N) is 2. The summed E-state index contributed by atoms with van der Waals surface area (Å²) in [7, 11) is 0. The van der Waals surface area contributed by atoms with E-state index in [9.17, 15) is 9.59 Å². The van der Waals surface area contributed by atoms with Gasteiger partial charge in [0, 0.05) is 21.4 Å². The standard InChI is InChI=1S/C20H18Cl2N4O3S/c1-2-29-14-7-4-11(5-8-14)18(27)24-16-17(23)25-20(26-19(16)28)30-10-12-3-6-13(21)9-15(12)22/h3-9H,2,10H2,1H3,(H,24,27)(H3,23,25,26,28). The molecule has 0 aliphatic carbocycles. The molecule has 10 heteroatoms. The van der Waals surface area contributed by atoms with Crippen LogP contribution in [-0.2, 0) is 5.75 Å². The highest BCUT2D eigenvalue weighted by molar-refractivity contribution is 7.98. The van der Waals surface area contributed by atoms with Gasteiger partial charge in [0.25, 0.3) is 11.5 Å². The smallest absolute Gasteiger partial charge is 0.277 e. The third-order valence-corrected chi connectivity index (χ3v) is 5.48. The molecular formula is C20H18Cl2N4O3S. The molecule has 2 aromatic carbocycles. The number of hydrogen-bond donors (Lipinski definition) is 3. The van der Waals surface area contributed by atoms with Crippen LogP contribution < -0.4 is 21.3 Å². The Labute approximate surface area is 187 Å². The summed E-state index contributed by atoms with van der Waals surface area (Å²) in [6, 6.07) is 11.7. The van der Waals surface area contributed by atoms with Crippen LogP contribution in [-0.4, -0.2) is 22.5 Å². The SMILES string of the molecule is CCOc1ccc(C(=O)Nc2c(N)nc(SCc3ccc(Cl)cc3Cl)[nH]c2=O)cc1. The molecule has 4 N–H and O–H groups in total. The summed E-state index contributed by atoms with van der Waals surface area (Å²) in [6.45, 7) is 2.40. The Balaban J connectivity index is 1.71. The van der Waals surface area contributed by atoms with E-state index < -0.39 is 11.5 Å². The lowest BCUT2D eigenvalue weighted by Gasteiger charge is -2.09. The maximum Gasteiger partial charge on any atom is 0.277 e. The largest absolute Gasteiger partial charge is 0.494 e. The first-order valence-corrected chi connectivity index (χ1v) is 10.6. The summed E-state index contributed by atoms with van der Waals surface area (Å²) in [5.74, 6) is 0.541. The van der Waals surface area contributed by atoms with Crippen molar-refractivity contribution in [2.24, 2.45) is 0 Å². The van der Waals surface area contributed by atoms with Gasteiger partial charge in [-0.3, -0.25) is 14.6 Å². The van der Waals surface area contributed by atoms with Crippen LogP contribution in [0.15, 0.2) is 52.4 Å². The molecule has 0 aliphatic rings.